The number of nitrogens with one attached hydrogen (secondary N) is 1. The summed E-state index contributed by atoms with van der Waals surface area (Å²) in [4.78, 5) is 36.8. The summed E-state index contributed by atoms with van der Waals surface area (Å²) < 4.78 is 1.74. The van der Waals surface area contributed by atoms with Crippen molar-refractivity contribution in [2.45, 2.75) is 58.8 Å². The maximum atomic E-state index is 13.5. The quantitative estimate of drug-likeness (QED) is 0.139. The summed E-state index contributed by atoms with van der Waals surface area (Å²) >= 11 is 0. The van der Waals surface area contributed by atoms with Gasteiger partial charge in [0, 0.05) is 12.8 Å². The van der Waals surface area contributed by atoms with Crippen LogP contribution in [0.4, 0.5) is 11.8 Å². The number of aryl methyl sites for hydroxylation is 3. The zero-order valence-corrected chi connectivity index (χ0v) is 22.7. The number of nitrogen functional groups attached to an aromatic ring is 2. The lowest BCUT2D eigenvalue weighted by atomic mass is 10.0. The van der Waals surface area contributed by atoms with E-state index in [0.717, 1.165) is 54.7 Å². The van der Waals surface area contributed by atoms with Gasteiger partial charge in [0.05, 0.1) is 22.3 Å². The molecule has 6 N–H and O–H groups in total. The molecule has 0 saturated heterocycles. The molecule has 2 aromatic heterocycles. The third-order valence-corrected chi connectivity index (χ3v) is 6.26. The van der Waals surface area contributed by atoms with E-state index in [1.807, 2.05) is 54.6 Å². The van der Waals surface area contributed by atoms with Crippen molar-refractivity contribution in [3.63, 3.8) is 0 Å². The molecule has 2 heterocycles. The Labute approximate surface area is 232 Å². The minimum absolute atomic E-state index is 0.0279. The summed E-state index contributed by atoms with van der Waals surface area (Å²) in [5.41, 5.74) is 15.6. The number of amides is 1. The highest BCUT2D eigenvalue weighted by Crippen LogP contribution is 2.20. The number of rotatable bonds is 9. The van der Waals surface area contributed by atoms with Crippen molar-refractivity contribution in [2.24, 2.45) is 0 Å². The first-order valence-corrected chi connectivity index (χ1v) is 13.1. The molecule has 0 aliphatic carbocycles. The Balaban J connectivity index is 0.000000336. The highest BCUT2D eigenvalue weighted by Gasteiger charge is 2.15. The molecule has 40 heavy (non-hydrogen) atoms. The summed E-state index contributed by atoms with van der Waals surface area (Å²) in [6, 6.07) is 17.4. The summed E-state index contributed by atoms with van der Waals surface area (Å²) in [5.74, 6) is 0.647. The molecular weight excluding hydrogens is 508 g/mol. The summed E-state index contributed by atoms with van der Waals surface area (Å²) in [6.07, 6.45) is 5.09. The number of para-hydroxylation sites is 1. The molecule has 11 nitrogen and oxygen atoms in total. The molecule has 11 heteroatoms. The Bertz CT molecular complexity index is 1540. The van der Waals surface area contributed by atoms with Gasteiger partial charge in [0.25, 0.3) is 5.56 Å². The van der Waals surface area contributed by atoms with Gasteiger partial charge in [-0.1, -0.05) is 43.7 Å². The van der Waals surface area contributed by atoms with E-state index in [4.69, 9.17) is 26.9 Å². The number of nitrogens with zero attached hydrogens (tertiary/aromatic N) is 5. The summed E-state index contributed by atoms with van der Waals surface area (Å²) in [6.45, 7) is 3.74. The second-order valence-corrected chi connectivity index (χ2v) is 9.20. The smallest absolute Gasteiger partial charge is 0.266 e. The number of fused-ring (bicyclic) bond motifs is 1. The van der Waals surface area contributed by atoms with Crippen LogP contribution in [0.15, 0.2) is 53.3 Å². The highest BCUT2D eigenvalue weighted by molar-refractivity contribution is 5.81. The lowest BCUT2D eigenvalue weighted by molar-refractivity contribution is -0.129. The van der Waals surface area contributed by atoms with E-state index in [1.165, 1.54) is 0 Å². The SMILES string of the molecule is CCCc1nc2cccc(CCCCCC(=O)NO)c2c(=O)n1-c1ccccc1.Cc1nc(N)nc(N)c1C#N. The van der Waals surface area contributed by atoms with Crippen molar-refractivity contribution >= 4 is 28.6 Å². The van der Waals surface area contributed by atoms with Crippen molar-refractivity contribution in [2.75, 3.05) is 11.5 Å². The van der Waals surface area contributed by atoms with Crippen LogP contribution in [0.1, 0.15) is 61.7 Å². The Hall–Kier alpha value is -4.82. The fourth-order valence-electron chi connectivity index (χ4n) is 4.38. The number of nitrogens with two attached hydrogens (primary N) is 2. The van der Waals surface area contributed by atoms with Crippen molar-refractivity contribution in [3.05, 3.63) is 81.5 Å². The third kappa shape index (κ3) is 7.39. The zero-order chi connectivity index (χ0) is 29.1. The minimum atomic E-state index is -0.367. The van der Waals surface area contributed by atoms with Crippen molar-refractivity contribution in [3.8, 4) is 11.8 Å². The Morgan fingerprint density at radius 3 is 2.42 bits per heavy atom. The van der Waals surface area contributed by atoms with Crippen molar-refractivity contribution < 1.29 is 10.0 Å². The average molecular weight is 543 g/mol. The van der Waals surface area contributed by atoms with Crippen molar-refractivity contribution in [1.29, 1.82) is 5.26 Å². The van der Waals surface area contributed by atoms with E-state index in [-0.39, 0.29) is 23.2 Å². The van der Waals surface area contributed by atoms with E-state index in [9.17, 15) is 9.59 Å². The van der Waals surface area contributed by atoms with Gasteiger partial charge in [-0.25, -0.2) is 15.4 Å². The first-order valence-electron chi connectivity index (χ1n) is 13.1. The lowest BCUT2D eigenvalue weighted by Gasteiger charge is -2.15. The summed E-state index contributed by atoms with van der Waals surface area (Å²) in [5, 5.41) is 17.8. The normalized spacial score (nSPS) is 10.4. The Kier molecular flexibility index (Phi) is 10.7. The van der Waals surface area contributed by atoms with Gasteiger partial charge in [-0.15, -0.1) is 0 Å². The van der Waals surface area contributed by atoms with E-state index < -0.39 is 0 Å². The third-order valence-electron chi connectivity index (χ3n) is 6.26. The number of benzene rings is 2. The number of hydrogen-bond acceptors (Lipinski definition) is 9. The Morgan fingerprint density at radius 1 is 1.02 bits per heavy atom. The van der Waals surface area contributed by atoms with Crippen LogP contribution in [0.5, 0.6) is 0 Å². The van der Waals surface area contributed by atoms with Crippen LogP contribution < -0.4 is 22.5 Å². The minimum Gasteiger partial charge on any atom is -0.382 e. The highest BCUT2D eigenvalue weighted by atomic mass is 16.5. The predicted octanol–water partition coefficient (Wildman–Crippen LogP) is 3.77. The Morgan fingerprint density at radius 2 is 1.77 bits per heavy atom. The van der Waals surface area contributed by atoms with E-state index >= 15 is 0 Å². The van der Waals surface area contributed by atoms with E-state index in [1.54, 1.807) is 17.0 Å². The average Bonchev–Trinajstić information content (AvgIpc) is 2.93. The predicted molar refractivity (Wildman–Crippen MR) is 154 cm³/mol. The molecule has 208 valence electrons. The van der Waals surface area contributed by atoms with E-state index in [0.29, 0.717) is 29.5 Å². The monoisotopic (exact) mass is 542 g/mol. The number of aromatic nitrogens is 4. The van der Waals surface area contributed by atoms with Gasteiger partial charge in [-0.3, -0.25) is 19.4 Å². The number of hydroxylamine groups is 1. The lowest BCUT2D eigenvalue weighted by Crippen LogP contribution is -2.24. The van der Waals surface area contributed by atoms with Gasteiger partial charge in [-0.2, -0.15) is 10.2 Å². The van der Waals surface area contributed by atoms with Gasteiger partial charge >= 0.3 is 0 Å². The van der Waals surface area contributed by atoms with Gasteiger partial charge in [-0.05, 0) is 56.4 Å². The number of hydrogen-bond donors (Lipinski definition) is 4. The number of nitriles is 1. The van der Waals surface area contributed by atoms with Gasteiger partial charge in [0.1, 0.15) is 23.3 Å². The molecule has 0 aliphatic heterocycles. The van der Waals surface area contributed by atoms with Gasteiger partial charge in [0.2, 0.25) is 11.9 Å². The molecule has 4 aromatic rings. The largest absolute Gasteiger partial charge is 0.382 e. The topological polar surface area (TPSA) is 186 Å². The van der Waals surface area contributed by atoms with Crippen LogP contribution in [0.2, 0.25) is 0 Å². The molecule has 0 radical (unpaired) electrons. The van der Waals surface area contributed by atoms with Crippen LogP contribution in [0, 0.1) is 18.3 Å². The molecule has 0 spiro atoms. The molecule has 0 saturated carbocycles. The number of carbonyl (C=O) groups is 1. The maximum absolute atomic E-state index is 13.5. The van der Waals surface area contributed by atoms with Gasteiger partial charge < -0.3 is 11.5 Å². The zero-order valence-electron chi connectivity index (χ0n) is 22.7. The van der Waals surface area contributed by atoms with Crippen LogP contribution >= 0.6 is 0 Å². The van der Waals surface area contributed by atoms with Crippen LogP contribution in [0.3, 0.4) is 0 Å². The van der Waals surface area contributed by atoms with Crippen LogP contribution in [0.25, 0.3) is 16.6 Å². The maximum Gasteiger partial charge on any atom is 0.266 e. The number of unbranched alkanes of at least 4 members (excludes halogenated alkanes) is 2. The fourth-order valence-corrected chi connectivity index (χ4v) is 4.38. The summed E-state index contributed by atoms with van der Waals surface area (Å²) in [7, 11) is 0. The molecule has 0 bridgehead atoms. The molecular formula is C29H34N8O3. The fraction of sp³-hybridized carbons (Fsp3) is 0.310. The number of carbonyl (C=O) groups excluding carboxylic acids is 1. The standard InChI is InChI=1S/C23H27N3O3.C6H7N5/c1-2-10-20-24-19-15-9-12-17(11-5-3-8-16-21(27)25-29)22(19)23(28)26(20)18-13-6-4-7-14-18;1-3-4(2-7)5(8)11-6(9)10-3/h4,6-7,9,12-15,29H,2-3,5,8,10-11,16H2,1H3,(H,25,27);1H3,(H4,8,9,10,11). The van der Waals surface area contributed by atoms with Crippen LogP contribution in [-0.4, -0.2) is 30.6 Å². The molecule has 0 aliphatic rings. The molecule has 0 atom stereocenters. The molecule has 0 unspecified atom stereocenters. The van der Waals surface area contributed by atoms with Gasteiger partial charge in [0.15, 0.2) is 0 Å². The first kappa shape index (κ1) is 29.7. The number of anilines is 2. The van der Waals surface area contributed by atoms with Crippen LogP contribution in [-0.2, 0) is 17.6 Å². The van der Waals surface area contributed by atoms with Crippen molar-refractivity contribution in [1.82, 2.24) is 25.0 Å². The molecule has 4 rings (SSSR count). The molecule has 1 amide bonds. The second kappa shape index (κ2) is 14.4. The second-order valence-electron chi connectivity index (χ2n) is 9.20. The first-order chi connectivity index (χ1) is 19.3. The molecule has 0 fully saturated rings. The van der Waals surface area contributed by atoms with E-state index in [2.05, 4.69) is 16.9 Å². The molecule has 2 aromatic carbocycles.